The van der Waals surface area contributed by atoms with E-state index < -0.39 is 0 Å². The maximum absolute atomic E-state index is 6.08. The maximum atomic E-state index is 6.08. The zero-order chi connectivity index (χ0) is 18.6. The topological polar surface area (TPSA) is 30.9 Å². The van der Waals surface area contributed by atoms with Crippen LogP contribution in [0.1, 0.15) is 23.5 Å². The van der Waals surface area contributed by atoms with Gasteiger partial charge in [-0.3, -0.25) is 10.3 Å². The number of nitrogens with one attached hydrogen (secondary N) is 1. The van der Waals surface area contributed by atoms with Crippen LogP contribution in [0.5, 0.6) is 0 Å². The molecule has 2 heterocycles. The average Bonchev–Trinajstić information content (AvgIpc) is 3.30. The Morgan fingerprint density at radius 3 is 2.56 bits per heavy atom. The molecule has 0 radical (unpaired) electrons. The molecule has 0 aliphatic carbocycles. The fraction of sp³-hybridized carbons (Fsp3) is 0.409. The molecule has 4 rings (SSSR count). The minimum absolute atomic E-state index is 0.284. The van der Waals surface area contributed by atoms with Gasteiger partial charge in [0.25, 0.3) is 0 Å². The van der Waals surface area contributed by atoms with Gasteiger partial charge in [0.05, 0.1) is 18.9 Å². The van der Waals surface area contributed by atoms with E-state index in [0.717, 1.165) is 42.0 Å². The van der Waals surface area contributed by atoms with Gasteiger partial charge < -0.3 is 4.90 Å². The lowest BCUT2D eigenvalue weighted by Crippen LogP contribution is -2.34. The summed E-state index contributed by atoms with van der Waals surface area (Å²) in [6.07, 6.45) is 1.29. The molecule has 27 heavy (non-hydrogen) atoms. The smallest absolute Gasteiger partial charge is 0.0855 e. The molecule has 2 aliphatic heterocycles. The molecule has 5 heteroatoms. The van der Waals surface area contributed by atoms with E-state index in [-0.39, 0.29) is 5.92 Å². The second-order valence-corrected chi connectivity index (χ2v) is 8.11. The van der Waals surface area contributed by atoms with Crippen molar-refractivity contribution >= 4 is 17.3 Å². The highest BCUT2D eigenvalue weighted by molar-refractivity contribution is 6.30. The standard InChI is InChI=1S/C22H27ClN4/c1-26-12-11-17(14-26)13-24-16-27-15-21(18-5-3-2-4-6-18)22(25-27)19-7-9-20(23)10-8-19/h2-10,17,21,24H,11-16H2,1H3. The highest BCUT2D eigenvalue weighted by Gasteiger charge is 2.29. The predicted octanol–water partition coefficient (Wildman–Crippen LogP) is 3.64. The molecule has 0 bridgehead atoms. The maximum Gasteiger partial charge on any atom is 0.0855 e. The predicted molar refractivity (Wildman–Crippen MR) is 112 cm³/mol. The Hall–Kier alpha value is -1.88. The molecule has 1 fully saturated rings. The van der Waals surface area contributed by atoms with E-state index in [1.165, 1.54) is 25.1 Å². The van der Waals surface area contributed by atoms with Crippen LogP contribution in [0, 0.1) is 5.92 Å². The van der Waals surface area contributed by atoms with Crippen molar-refractivity contribution in [1.29, 1.82) is 0 Å². The molecule has 2 aromatic rings. The third-order valence-corrected chi connectivity index (χ3v) is 5.78. The molecule has 2 unspecified atom stereocenters. The molecule has 2 aromatic carbocycles. The first kappa shape index (κ1) is 18.5. The third-order valence-electron chi connectivity index (χ3n) is 5.53. The van der Waals surface area contributed by atoms with E-state index in [1.54, 1.807) is 0 Å². The van der Waals surface area contributed by atoms with Gasteiger partial charge in [0, 0.05) is 24.0 Å². The van der Waals surface area contributed by atoms with Crippen LogP contribution in [0.2, 0.25) is 5.02 Å². The molecule has 0 amide bonds. The highest BCUT2D eigenvalue weighted by Crippen LogP contribution is 2.29. The van der Waals surface area contributed by atoms with Gasteiger partial charge in [0.2, 0.25) is 0 Å². The quantitative estimate of drug-likeness (QED) is 0.827. The minimum Gasteiger partial charge on any atom is -0.306 e. The van der Waals surface area contributed by atoms with Crippen molar-refractivity contribution in [3.63, 3.8) is 0 Å². The SMILES string of the molecule is CN1CCC(CNCN2CC(c3ccccc3)C(c3ccc(Cl)cc3)=N2)C1. The number of hydrazone groups is 1. The molecule has 4 nitrogen and oxygen atoms in total. The lowest BCUT2D eigenvalue weighted by Gasteiger charge is -2.18. The first-order chi connectivity index (χ1) is 13.2. The number of nitrogens with zero attached hydrogens (tertiary/aromatic N) is 3. The molecule has 2 aliphatic rings. The summed E-state index contributed by atoms with van der Waals surface area (Å²) in [4.78, 5) is 2.41. The van der Waals surface area contributed by atoms with Crippen molar-refractivity contribution in [1.82, 2.24) is 15.2 Å². The summed E-state index contributed by atoms with van der Waals surface area (Å²) < 4.78 is 0. The molecular formula is C22H27ClN4. The highest BCUT2D eigenvalue weighted by atomic mass is 35.5. The van der Waals surface area contributed by atoms with E-state index in [4.69, 9.17) is 16.7 Å². The Balaban J connectivity index is 1.46. The Morgan fingerprint density at radius 1 is 1.07 bits per heavy atom. The van der Waals surface area contributed by atoms with E-state index >= 15 is 0 Å². The average molecular weight is 383 g/mol. The van der Waals surface area contributed by atoms with Crippen LogP contribution in [-0.2, 0) is 0 Å². The van der Waals surface area contributed by atoms with E-state index in [9.17, 15) is 0 Å². The number of hydrogen-bond donors (Lipinski definition) is 1. The molecule has 0 spiro atoms. The second kappa shape index (κ2) is 8.42. The van der Waals surface area contributed by atoms with Crippen molar-refractivity contribution in [2.45, 2.75) is 12.3 Å². The normalized spacial score (nSPS) is 23.0. The van der Waals surface area contributed by atoms with Gasteiger partial charge >= 0.3 is 0 Å². The molecule has 0 saturated carbocycles. The number of benzene rings is 2. The van der Waals surface area contributed by atoms with Gasteiger partial charge in [-0.25, -0.2) is 0 Å². The molecule has 1 N–H and O–H groups in total. The lowest BCUT2D eigenvalue weighted by molar-refractivity contribution is 0.273. The first-order valence-electron chi connectivity index (χ1n) is 9.72. The zero-order valence-corrected chi connectivity index (χ0v) is 16.6. The molecule has 2 atom stereocenters. The fourth-order valence-corrected chi connectivity index (χ4v) is 4.20. The number of hydrogen-bond acceptors (Lipinski definition) is 4. The minimum atomic E-state index is 0.284. The lowest BCUT2D eigenvalue weighted by atomic mass is 9.91. The Bertz CT molecular complexity index is 775. The Morgan fingerprint density at radius 2 is 1.85 bits per heavy atom. The Labute approximate surface area is 166 Å². The van der Waals surface area contributed by atoms with Gasteiger partial charge in [-0.1, -0.05) is 54.1 Å². The fourth-order valence-electron chi connectivity index (χ4n) is 4.08. The van der Waals surface area contributed by atoms with E-state index in [2.05, 4.69) is 64.7 Å². The molecular weight excluding hydrogens is 356 g/mol. The third kappa shape index (κ3) is 4.52. The van der Waals surface area contributed by atoms with E-state index in [1.807, 2.05) is 12.1 Å². The summed E-state index contributed by atoms with van der Waals surface area (Å²) in [5, 5.41) is 11.5. The van der Waals surface area contributed by atoms with Gasteiger partial charge in [-0.05, 0) is 49.2 Å². The Kier molecular flexibility index (Phi) is 5.77. The molecule has 1 saturated heterocycles. The molecule has 142 valence electrons. The summed E-state index contributed by atoms with van der Waals surface area (Å²) in [6.45, 7) is 5.16. The summed E-state index contributed by atoms with van der Waals surface area (Å²) in [5.41, 5.74) is 3.58. The van der Waals surface area contributed by atoms with Crippen molar-refractivity contribution in [3.8, 4) is 0 Å². The molecule has 0 aromatic heterocycles. The van der Waals surface area contributed by atoms with Crippen molar-refractivity contribution < 1.29 is 0 Å². The zero-order valence-electron chi connectivity index (χ0n) is 15.8. The summed E-state index contributed by atoms with van der Waals surface area (Å²) in [6, 6.07) is 18.7. The van der Waals surface area contributed by atoms with Crippen molar-refractivity contribution in [2.24, 2.45) is 11.0 Å². The largest absolute Gasteiger partial charge is 0.306 e. The van der Waals surface area contributed by atoms with Gasteiger partial charge in [-0.2, -0.15) is 5.10 Å². The van der Waals surface area contributed by atoms with Gasteiger partial charge in [0.15, 0.2) is 0 Å². The van der Waals surface area contributed by atoms with Crippen LogP contribution in [0.4, 0.5) is 0 Å². The first-order valence-corrected chi connectivity index (χ1v) is 10.1. The number of halogens is 1. The second-order valence-electron chi connectivity index (χ2n) is 7.67. The van der Waals surface area contributed by atoms with Gasteiger partial charge in [0.1, 0.15) is 0 Å². The van der Waals surface area contributed by atoms with Crippen molar-refractivity contribution in [3.05, 3.63) is 70.7 Å². The summed E-state index contributed by atoms with van der Waals surface area (Å²) >= 11 is 6.08. The van der Waals surface area contributed by atoms with Crippen LogP contribution in [0.15, 0.2) is 59.7 Å². The number of rotatable bonds is 6. The van der Waals surface area contributed by atoms with Crippen LogP contribution in [0.25, 0.3) is 0 Å². The van der Waals surface area contributed by atoms with Crippen LogP contribution in [-0.4, -0.2) is 55.5 Å². The summed E-state index contributed by atoms with van der Waals surface area (Å²) in [5.74, 6) is 1.04. The number of likely N-dealkylation sites (tertiary alicyclic amines) is 1. The van der Waals surface area contributed by atoms with Crippen LogP contribution >= 0.6 is 11.6 Å². The van der Waals surface area contributed by atoms with Crippen LogP contribution in [0.3, 0.4) is 0 Å². The van der Waals surface area contributed by atoms with Crippen molar-refractivity contribution in [2.75, 3.05) is 39.9 Å². The summed E-state index contributed by atoms with van der Waals surface area (Å²) in [7, 11) is 2.20. The van der Waals surface area contributed by atoms with Crippen LogP contribution < -0.4 is 5.32 Å². The van der Waals surface area contributed by atoms with Gasteiger partial charge in [-0.15, -0.1) is 0 Å². The monoisotopic (exact) mass is 382 g/mol. The van der Waals surface area contributed by atoms with E-state index in [0.29, 0.717) is 0 Å².